The van der Waals surface area contributed by atoms with Crippen molar-refractivity contribution in [1.29, 1.82) is 0 Å². The number of sulfonamides is 1. The summed E-state index contributed by atoms with van der Waals surface area (Å²) < 4.78 is 27.1. The number of carbonyl (C=O) groups excluding carboxylic acids is 1. The van der Waals surface area contributed by atoms with Crippen molar-refractivity contribution in [2.24, 2.45) is 5.10 Å². The average Bonchev–Trinajstić information content (AvgIpc) is 2.71. The van der Waals surface area contributed by atoms with Gasteiger partial charge in [-0.05, 0) is 54.6 Å². The van der Waals surface area contributed by atoms with Gasteiger partial charge in [-0.15, -0.1) is 0 Å². The number of hydrogen-bond acceptors (Lipinski definition) is 5. The van der Waals surface area contributed by atoms with E-state index in [2.05, 4.69) is 15.2 Å². The second-order valence-electron chi connectivity index (χ2n) is 5.90. The highest BCUT2D eigenvalue weighted by Gasteiger charge is 2.13. The highest BCUT2D eigenvalue weighted by Crippen LogP contribution is 2.19. The molecular formula is C20H16ClN3O4S. The number of aromatic hydroxyl groups is 1. The van der Waals surface area contributed by atoms with Crippen molar-refractivity contribution in [3.63, 3.8) is 0 Å². The number of hydrazone groups is 1. The summed E-state index contributed by atoms with van der Waals surface area (Å²) in [5.41, 5.74) is 3.27. The largest absolute Gasteiger partial charge is 0.507 e. The molecule has 3 aromatic rings. The van der Waals surface area contributed by atoms with Crippen molar-refractivity contribution >= 4 is 39.4 Å². The first-order valence-corrected chi connectivity index (χ1v) is 10.2. The van der Waals surface area contributed by atoms with Crippen molar-refractivity contribution in [2.75, 3.05) is 4.72 Å². The van der Waals surface area contributed by atoms with Crippen LogP contribution in [0.15, 0.2) is 82.8 Å². The van der Waals surface area contributed by atoms with Gasteiger partial charge in [-0.3, -0.25) is 9.52 Å². The van der Waals surface area contributed by atoms with E-state index >= 15 is 0 Å². The van der Waals surface area contributed by atoms with Crippen LogP contribution in [-0.4, -0.2) is 25.6 Å². The molecule has 0 aliphatic carbocycles. The maximum absolute atomic E-state index is 12.3. The van der Waals surface area contributed by atoms with Crippen LogP contribution in [0, 0.1) is 0 Å². The molecule has 0 atom stereocenters. The van der Waals surface area contributed by atoms with Gasteiger partial charge >= 0.3 is 0 Å². The zero-order chi connectivity index (χ0) is 20.9. The van der Waals surface area contributed by atoms with E-state index in [-0.39, 0.29) is 16.2 Å². The fourth-order valence-corrected chi connectivity index (χ4v) is 3.62. The lowest BCUT2D eigenvalue weighted by Gasteiger charge is -2.08. The first-order valence-electron chi connectivity index (χ1n) is 8.35. The summed E-state index contributed by atoms with van der Waals surface area (Å²) in [6.07, 6.45) is 1.27. The van der Waals surface area contributed by atoms with Gasteiger partial charge in [0.2, 0.25) is 0 Å². The minimum Gasteiger partial charge on any atom is -0.507 e. The quantitative estimate of drug-likeness (QED) is 0.411. The van der Waals surface area contributed by atoms with Crippen molar-refractivity contribution in [3.05, 3.63) is 88.9 Å². The third kappa shape index (κ3) is 5.34. The molecule has 9 heteroatoms. The topological polar surface area (TPSA) is 108 Å². The Labute approximate surface area is 172 Å². The molecule has 1 amide bonds. The van der Waals surface area contributed by atoms with E-state index in [0.717, 1.165) is 0 Å². The second-order valence-corrected chi connectivity index (χ2v) is 8.02. The molecule has 7 nitrogen and oxygen atoms in total. The average molecular weight is 430 g/mol. The van der Waals surface area contributed by atoms with E-state index < -0.39 is 15.9 Å². The summed E-state index contributed by atoms with van der Waals surface area (Å²) in [7, 11) is -3.71. The molecule has 0 fully saturated rings. The van der Waals surface area contributed by atoms with Crippen LogP contribution in [0.5, 0.6) is 5.75 Å². The Morgan fingerprint density at radius 2 is 1.69 bits per heavy atom. The number of hydrogen-bond donors (Lipinski definition) is 3. The van der Waals surface area contributed by atoms with Gasteiger partial charge in [-0.1, -0.05) is 29.8 Å². The molecule has 0 aromatic heterocycles. The van der Waals surface area contributed by atoms with Gasteiger partial charge in [-0.25, -0.2) is 13.8 Å². The number of benzene rings is 3. The van der Waals surface area contributed by atoms with E-state index in [0.29, 0.717) is 16.3 Å². The fraction of sp³-hybridized carbons (Fsp3) is 0. The molecule has 0 saturated heterocycles. The smallest absolute Gasteiger partial charge is 0.271 e. The molecule has 3 rings (SSSR count). The Balaban J connectivity index is 1.64. The summed E-state index contributed by atoms with van der Waals surface area (Å²) in [5, 5.41) is 13.9. The number of carbonyl (C=O) groups is 1. The second kappa shape index (κ2) is 8.76. The molecule has 0 saturated carbocycles. The molecule has 0 bridgehead atoms. The maximum atomic E-state index is 12.3. The number of rotatable bonds is 6. The Morgan fingerprint density at radius 3 is 2.38 bits per heavy atom. The van der Waals surface area contributed by atoms with Crippen molar-refractivity contribution < 1.29 is 18.3 Å². The van der Waals surface area contributed by atoms with Crippen molar-refractivity contribution in [3.8, 4) is 5.75 Å². The molecule has 29 heavy (non-hydrogen) atoms. The van der Waals surface area contributed by atoms with Crippen LogP contribution in [-0.2, 0) is 10.0 Å². The number of halogens is 1. The van der Waals surface area contributed by atoms with Gasteiger partial charge in [0, 0.05) is 21.8 Å². The molecule has 0 radical (unpaired) electrons. The minimum atomic E-state index is -3.71. The number of phenols is 1. The van der Waals surface area contributed by atoms with Gasteiger partial charge in [0.1, 0.15) is 5.75 Å². The van der Waals surface area contributed by atoms with E-state index in [1.807, 2.05) is 0 Å². The Kier molecular flexibility index (Phi) is 6.16. The number of anilines is 1. The molecule has 0 spiro atoms. The Hall–Kier alpha value is -3.36. The standard InChI is InChI=1S/C20H16ClN3O4S/c21-16-8-11-19(25)15(12-16)13-22-23-20(26)14-6-9-17(10-7-14)24-29(27,28)18-4-2-1-3-5-18/h1-13,24-25H,(H,23,26). The van der Waals surface area contributed by atoms with Crippen LogP contribution < -0.4 is 10.1 Å². The van der Waals surface area contributed by atoms with Gasteiger partial charge in [0.05, 0.1) is 11.1 Å². The summed E-state index contributed by atoms with van der Waals surface area (Å²) >= 11 is 5.85. The zero-order valence-corrected chi connectivity index (χ0v) is 16.5. The lowest BCUT2D eigenvalue weighted by molar-refractivity contribution is 0.0955. The number of nitrogens with zero attached hydrogens (tertiary/aromatic N) is 1. The van der Waals surface area contributed by atoms with Crippen LogP contribution in [0.2, 0.25) is 5.02 Å². The van der Waals surface area contributed by atoms with Crippen molar-refractivity contribution in [1.82, 2.24) is 5.43 Å². The van der Waals surface area contributed by atoms with Crippen LogP contribution in [0.1, 0.15) is 15.9 Å². The van der Waals surface area contributed by atoms with Crippen LogP contribution >= 0.6 is 11.6 Å². The lowest BCUT2D eigenvalue weighted by Crippen LogP contribution is -2.18. The predicted molar refractivity (Wildman–Crippen MR) is 112 cm³/mol. The van der Waals surface area contributed by atoms with Gasteiger partial charge in [0.15, 0.2) is 0 Å². The Bertz CT molecular complexity index is 1150. The molecule has 148 valence electrons. The number of amides is 1. The molecule has 0 unspecified atom stereocenters. The van der Waals surface area contributed by atoms with Crippen LogP contribution in [0.4, 0.5) is 5.69 Å². The maximum Gasteiger partial charge on any atom is 0.271 e. The molecule has 0 aliphatic rings. The van der Waals surface area contributed by atoms with Gasteiger partial charge in [-0.2, -0.15) is 5.10 Å². The molecule has 3 N–H and O–H groups in total. The monoisotopic (exact) mass is 429 g/mol. The minimum absolute atomic E-state index is 0.0255. The third-order valence-electron chi connectivity index (χ3n) is 3.81. The van der Waals surface area contributed by atoms with Gasteiger partial charge < -0.3 is 5.11 Å². The van der Waals surface area contributed by atoms with E-state index in [4.69, 9.17) is 11.6 Å². The highest BCUT2D eigenvalue weighted by atomic mass is 35.5. The summed E-state index contributed by atoms with van der Waals surface area (Å²) in [4.78, 5) is 12.3. The first-order chi connectivity index (χ1) is 13.8. The molecular weight excluding hydrogens is 414 g/mol. The van der Waals surface area contributed by atoms with E-state index in [9.17, 15) is 18.3 Å². The normalized spacial score (nSPS) is 11.3. The zero-order valence-electron chi connectivity index (χ0n) is 14.9. The highest BCUT2D eigenvalue weighted by molar-refractivity contribution is 7.92. The van der Waals surface area contributed by atoms with Gasteiger partial charge in [0.25, 0.3) is 15.9 Å². The lowest BCUT2D eigenvalue weighted by atomic mass is 10.2. The van der Waals surface area contributed by atoms with E-state index in [1.54, 1.807) is 18.2 Å². The first kappa shape index (κ1) is 20.4. The van der Waals surface area contributed by atoms with Crippen LogP contribution in [0.25, 0.3) is 0 Å². The summed E-state index contributed by atoms with van der Waals surface area (Å²) in [6, 6.07) is 18.3. The predicted octanol–water partition coefficient (Wildman–Crippen LogP) is 3.61. The summed E-state index contributed by atoms with van der Waals surface area (Å²) in [6.45, 7) is 0. The van der Waals surface area contributed by atoms with Crippen LogP contribution in [0.3, 0.4) is 0 Å². The molecule has 0 aliphatic heterocycles. The third-order valence-corrected chi connectivity index (χ3v) is 5.44. The fourth-order valence-electron chi connectivity index (χ4n) is 2.36. The summed E-state index contributed by atoms with van der Waals surface area (Å²) in [5.74, 6) is -0.525. The number of phenolic OH excluding ortho intramolecular Hbond substituents is 1. The van der Waals surface area contributed by atoms with E-state index in [1.165, 1.54) is 60.8 Å². The van der Waals surface area contributed by atoms with Crippen molar-refractivity contribution in [2.45, 2.75) is 4.90 Å². The Morgan fingerprint density at radius 1 is 1.00 bits per heavy atom. The molecule has 3 aromatic carbocycles. The number of nitrogens with one attached hydrogen (secondary N) is 2. The molecule has 0 heterocycles. The SMILES string of the molecule is O=C(NN=Cc1cc(Cl)ccc1O)c1ccc(NS(=O)(=O)c2ccccc2)cc1.